The van der Waals surface area contributed by atoms with Crippen LogP contribution in [0.2, 0.25) is 0 Å². The van der Waals surface area contributed by atoms with Gasteiger partial charge in [-0.15, -0.1) is 0 Å². The Hall–Kier alpha value is -3.37. The molecule has 0 saturated heterocycles. The number of hydrogen-bond acceptors (Lipinski definition) is 7. The highest BCUT2D eigenvalue weighted by Gasteiger charge is 2.30. The largest absolute Gasteiger partial charge is 0.454 e. The molecule has 11 heteroatoms. The number of anilines is 1. The minimum absolute atomic E-state index is 0.0409. The van der Waals surface area contributed by atoms with E-state index < -0.39 is 16.7 Å². The van der Waals surface area contributed by atoms with E-state index in [-0.39, 0.29) is 29.6 Å². The molecule has 0 amide bonds. The van der Waals surface area contributed by atoms with Crippen LogP contribution in [0.1, 0.15) is 11.1 Å². The van der Waals surface area contributed by atoms with Crippen molar-refractivity contribution in [1.29, 1.82) is 0 Å². The molecule has 1 N–H and O–H groups in total. The van der Waals surface area contributed by atoms with E-state index in [2.05, 4.69) is 15.5 Å². The van der Waals surface area contributed by atoms with E-state index in [1.54, 1.807) is 0 Å². The molecule has 0 atom stereocenters. The summed E-state index contributed by atoms with van der Waals surface area (Å²) in [6.45, 7) is -0.0409. The zero-order chi connectivity index (χ0) is 18.0. The number of nitro groups is 1. The molecule has 0 unspecified atom stereocenters. The lowest BCUT2D eigenvalue weighted by Gasteiger charge is -2.06. The number of nitrogens with one attached hydrogen (secondary N) is 1. The minimum Gasteiger partial charge on any atom is -0.454 e. The van der Waals surface area contributed by atoms with Gasteiger partial charge in [-0.2, -0.15) is 18.3 Å². The molecular weight excluding hydrogens is 345 g/mol. The fraction of sp³-hybridized carbons (Fsp3) is 0.143. The second kappa shape index (κ2) is 6.26. The van der Waals surface area contributed by atoms with Crippen LogP contribution in [0.4, 0.5) is 24.7 Å². The summed E-state index contributed by atoms with van der Waals surface area (Å²) in [6.07, 6.45) is -2.69. The van der Waals surface area contributed by atoms with Crippen molar-refractivity contribution in [2.75, 3.05) is 12.2 Å². The molecule has 1 aromatic heterocycles. The fourth-order valence-electron chi connectivity index (χ4n) is 2.00. The summed E-state index contributed by atoms with van der Waals surface area (Å²) in [5, 5.41) is 14.8. The van der Waals surface area contributed by atoms with Gasteiger partial charge >= 0.3 is 6.18 Å². The average Bonchev–Trinajstić information content (AvgIpc) is 3.01. The predicted octanol–water partition coefficient (Wildman–Crippen LogP) is 3.18. The van der Waals surface area contributed by atoms with Crippen molar-refractivity contribution in [3.8, 4) is 11.5 Å². The van der Waals surface area contributed by atoms with Crippen LogP contribution in [0.25, 0.3) is 0 Å². The van der Waals surface area contributed by atoms with E-state index >= 15 is 0 Å². The highest BCUT2D eigenvalue weighted by molar-refractivity contribution is 5.87. The zero-order valence-corrected chi connectivity index (χ0v) is 12.3. The number of halogens is 3. The number of ether oxygens (including phenoxy) is 2. The lowest BCUT2D eigenvalue weighted by molar-refractivity contribution is -0.385. The van der Waals surface area contributed by atoms with E-state index in [1.807, 2.05) is 0 Å². The highest BCUT2D eigenvalue weighted by atomic mass is 19.4. The lowest BCUT2D eigenvalue weighted by atomic mass is 10.1. The van der Waals surface area contributed by atoms with Gasteiger partial charge in [0.25, 0.3) is 5.69 Å². The fourth-order valence-corrected chi connectivity index (χ4v) is 2.00. The summed E-state index contributed by atoms with van der Waals surface area (Å²) in [4.78, 5) is 14.1. The van der Waals surface area contributed by atoms with E-state index in [1.165, 1.54) is 12.1 Å². The highest BCUT2D eigenvalue weighted by Crippen LogP contribution is 2.37. The van der Waals surface area contributed by atoms with Crippen molar-refractivity contribution >= 4 is 17.7 Å². The monoisotopic (exact) mass is 354 g/mol. The Morgan fingerprint density at radius 2 is 2.00 bits per heavy atom. The van der Waals surface area contributed by atoms with Crippen LogP contribution < -0.4 is 14.9 Å². The van der Waals surface area contributed by atoms with E-state index in [4.69, 9.17) is 9.47 Å². The Balaban J connectivity index is 1.77. The number of pyridine rings is 1. The third kappa shape index (κ3) is 3.59. The van der Waals surface area contributed by atoms with Crippen LogP contribution >= 0.6 is 0 Å². The number of benzene rings is 1. The van der Waals surface area contributed by atoms with E-state index in [0.29, 0.717) is 11.9 Å². The van der Waals surface area contributed by atoms with Crippen LogP contribution in [-0.4, -0.2) is 22.9 Å². The summed E-state index contributed by atoms with van der Waals surface area (Å²) >= 11 is 0. The van der Waals surface area contributed by atoms with Gasteiger partial charge in [0.2, 0.25) is 6.79 Å². The van der Waals surface area contributed by atoms with E-state index in [9.17, 15) is 23.3 Å². The third-order valence-corrected chi connectivity index (χ3v) is 3.19. The van der Waals surface area contributed by atoms with Crippen molar-refractivity contribution in [3.05, 3.63) is 51.7 Å². The Morgan fingerprint density at radius 3 is 2.60 bits per heavy atom. The number of hydrogen-bond donors (Lipinski definition) is 1. The van der Waals surface area contributed by atoms with Crippen LogP contribution in [-0.2, 0) is 6.18 Å². The number of aromatic nitrogens is 1. The Labute approximate surface area is 138 Å². The van der Waals surface area contributed by atoms with Gasteiger partial charge in [-0.05, 0) is 18.2 Å². The minimum atomic E-state index is -4.48. The maximum atomic E-state index is 12.4. The number of alkyl halides is 3. The molecule has 8 nitrogen and oxygen atoms in total. The molecule has 0 spiro atoms. The van der Waals surface area contributed by atoms with Crippen molar-refractivity contribution in [1.82, 2.24) is 4.98 Å². The molecule has 2 aromatic rings. The van der Waals surface area contributed by atoms with Crippen LogP contribution in [0.15, 0.2) is 35.6 Å². The summed E-state index contributed by atoms with van der Waals surface area (Å²) in [6, 6.07) is 4.52. The summed E-state index contributed by atoms with van der Waals surface area (Å²) < 4.78 is 47.5. The van der Waals surface area contributed by atoms with Crippen molar-refractivity contribution < 1.29 is 27.6 Å². The first-order chi connectivity index (χ1) is 11.8. The number of hydrazone groups is 1. The predicted molar refractivity (Wildman–Crippen MR) is 79.7 cm³/mol. The lowest BCUT2D eigenvalue weighted by Crippen LogP contribution is -2.05. The SMILES string of the molecule is O=[N+]([O-])c1cc2c(cc1/C=N/Nc1ccc(C(F)(F)F)cn1)OCO2. The average molecular weight is 354 g/mol. The van der Waals surface area contributed by atoms with Crippen LogP contribution in [0, 0.1) is 10.1 Å². The molecule has 0 radical (unpaired) electrons. The Morgan fingerprint density at radius 1 is 1.28 bits per heavy atom. The molecule has 3 rings (SSSR count). The molecule has 0 saturated carbocycles. The van der Waals surface area contributed by atoms with Crippen molar-refractivity contribution in [2.45, 2.75) is 6.18 Å². The Kier molecular flexibility index (Phi) is 4.13. The second-order valence-electron chi connectivity index (χ2n) is 4.82. The van der Waals surface area contributed by atoms with E-state index in [0.717, 1.165) is 18.3 Å². The maximum absolute atomic E-state index is 12.4. The smallest absolute Gasteiger partial charge is 0.417 e. The van der Waals surface area contributed by atoms with Gasteiger partial charge in [0, 0.05) is 6.20 Å². The van der Waals surface area contributed by atoms with Gasteiger partial charge in [0.05, 0.1) is 28.3 Å². The topological polar surface area (TPSA) is 98.9 Å². The summed E-state index contributed by atoms with van der Waals surface area (Å²) in [7, 11) is 0. The number of rotatable bonds is 4. The quantitative estimate of drug-likeness (QED) is 0.514. The summed E-state index contributed by atoms with van der Waals surface area (Å²) in [5.41, 5.74) is 1.39. The molecular formula is C14H9F3N4O4. The van der Waals surface area contributed by atoms with Crippen LogP contribution in [0.3, 0.4) is 0 Å². The van der Waals surface area contributed by atoms with Gasteiger partial charge in [0.15, 0.2) is 11.5 Å². The first-order valence-corrected chi connectivity index (χ1v) is 6.75. The van der Waals surface area contributed by atoms with Gasteiger partial charge in [-0.1, -0.05) is 0 Å². The van der Waals surface area contributed by atoms with Crippen molar-refractivity contribution in [3.63, 3.8) is 0 Å². The first-order valence-electron chi connectivity index (χ1n) is 6.75. The van der Waals surface area contributed by atoms with Crippen molar-refractivity contribution in [2.24, 2.45) is 5.10 Å². The van der Waals surface area contributed by atoms with Gasteiger partial charge in [-0.25, -0.2) is 4.98 Å². The zero-order valence-electron chi connectivity index (χ0n) is 12.3. The Bertz CT molecular complexity index is 837. The number of nitro benzene ring substituents is 1. The molecule has 1 aromatic carbocycles. The van der Waals surface area contributed by atoms with Gasteiger partial charge in [0.1, 0.15) is 5.82 Å². The molecule has 1 aliphatic rings. The number of fused-ring (bicyclic) bond motifs is 1. The normalized spacial score (nSPS) is 13.2. The molecule has 0 aliphatic carbocycles. The van der Waals surface area contributed by atoms with Crippen LogP contribution in [0.5, 0.6) is 11.5 Å². The summed E-state index contributed by atoms with van der Waals surface area (Å²) in [5.74, 6) is 0.633. The molecule has 25 heavy (non-hydrogen) atoms. The molecule has 2 heterocycles. The van der Waals surface area contributed by atoms with Gasteiger partial charge < -0.3 is 9.47 Å². The van der Waals surface area contributed by atoms with Gasteiger partial charge in [-0.3, -0.25) is 15.5 Å². The third-order valence-electron chi connectivity index (χ3n) is 3.19. The second-order valence-corrected chi connectivity index (χ2v) is 4.82. The molecule has 0 fully saturated rings. The first kappa shape index (κ1) is 16.5. The molecule has 0 bridgehead atoms. The maximum Gasteiger partial charge on any atom is 0.417 e. The molecule has 130 valence electrons. The number of nitrogens with zero attached hydrogens (tertiary/aromatic N) is 3. The standard InChI is InChI=1S/C14H9F3N4O4/c15-14(16,17)9-1-2-13(18-6-9)20-19-5-8-3-11-12(25-7-24-11)4-10(8)21(22)23/h1-6H,7H2,(H,18,20)/b19-5+. The molecule has 1 aliphatic heterocycles.